The Bertz CT molecular complexity index is 617. The van der Waals surface area contributed by atoms with Gasteiger partial charge >= 0.3 is 0 Å². The summed E-state index contributed by atoms with van der Waals surface area (Å²) in [5.74, 6) is -0.165. The van der Waals surface area contributed by atoms with Crippen molar-refractivity contribution in [3.8, 4) is 0 Å². The van der Waals surface area contributed by atoms with E-state index >= 15 is 0 Å². The number of aromatic amines is 1. The molecule has 0 fully saturated rings. The molecular weight excluding hydrogens is 290 g/mol. The van der Waals surface area contributed by atoms with Crippen LogP contribution in [0.3, 0.4) is 0 Å². The normalized spacial score (nSPS) is 13.6. The lowest BCUT2D eigenvalue weighted by atomic mass is 9.97. The number of nitrogens with zero attached hydrogens (tertiary/aromatic N) is 1. The molecule has 0 radical (unpaired) electrons. The molecule has 0 saturated carbocycles. The average Bonchev–Trinajstić information content (AvgIpc) is 2.87. The van der Waals surface area contributed by atoms with Crippen LogP contribution in [0, 0.1) is 19.8 Å². The number of carbonyl (C=O) groups is 1. The molecule has 1 aromatic carbocycles. The molecule has 0 aliphatic heterocycles. The summed E-state index contributed by atoms with van der Waals surface area (Å²) in [6.45, 7) is 5.87. The van der Waals surface area contributed by atoms with Gasteiger partial charge in [-0.2, -0.15) is 5.10 Å². The van der Waals surface area contributed by atoms with Gasteiger partial charge in [0.15, 0.2) is 0 Å². The number of hydrogen-bond acceptors (Lipinski definition) is 3. The molecule has 0 bridgehead atoms. The van der Waals surface area contributed by atoms with Gasteiger partial charge in [-0.05, 0) is 37.8 Å². The molecule has 5 nitrogen and oxygen atoms in total. The monoisotopic (exact) mass is 315 g/mol. The van der Waals surface area contributed by atoms with E-state index in [1.807, 2.05) is 51.1 Å². The second kappa shape index (κ2) is 7.92. The zero-order valence-corrected chi connectivity index (χ0v) is 14.0. The first kappa shape index (κ1) is 17.2. The number of carbonyl (C=O) groups excluding carboxylic acids is 1. The summed E-state index contributed by atoms with van der Waals surface area (Å²) in [7, 11) is 0. The van der Waals surface area contributed by atoms with Gasteiger partial charge in [-0.1, -0.05) is 37.3 Å². The molecule has 124 valence electrons. The molecule has 1 amide bonds. The summed E-state index contributed by atoms with van der Waals surface area (Å²) in [4.78, 5) is 12.5. The molecule has 5 heteroatoms. The third kappa shape index (κ3) is 4.42. The van der Waals surface area contributed by atoms with E-state index in [0.29, 0.717) is 12.8 Å². The van der Waals surface area contributed by atoms with E-state index in [1.54, 1.807) is 0 Å². The van der Waals surface area contributed by atoms with Crippen LogP contribution in [0.25, 0.3) is 0 Å². The SMILES string of the molecule is Cc1n[nH]c(C)c1CC(C)C(=O)NC(CCO)c1ccccc1. The fourth-order valence-electron chi connectivity index (χ4n) is 2.72. The van der Waals surface area contributed by atoms with Crippen molar-refractivity contribution in [2.45, 2.75) is 39.7 Å². The number of aliphatic hydroxyl groups is 1. The molecule has 0 aliphatic rings. The van der Waals surface area contributed by atoms with Gasteiger partial charge in [-0.15, -0.1) is 0 Å². The molecule has 23 heavy (non-hydrogen) atoms. The highest BCUT2D eigenvalue weighted by Gasteiger charge is 2.21. The average molecular weight is 315 g/mol. The number of amides is 1. The van der Waals surface area contributed by atoms with E-state index in [4.69, 9.17) is 0 Å². The molecule has 0 aliphatic carbocycles. The molecule has 2 rings (SSSR count). The van der Waals surface area contributed by atoms with Crippen molar-refractivity contribution in [2.75, 3.05) is 6.61 Å². The quantitative estimate of drug-likeness (QED) is 0.734. The minimum Gasteiger partial charge on any atom is -0.396 e. The molecule has 3 N–H and O–H groups in total. The van der Waals surface area contributed by atoms with Gasteiger partial charge in [-0.3, -0.25) is 9.89 Å². The summed E-state index contributed by atoms with van der Waals surface area (Å²) >= 11 is 0. The zero-order valence-electron chi connectivity index (χ0n) is 14.0. The lowest BCUT2D eigenvalue weighted by molar-refractivity contribution is -0.125. The molecule has 2 aromatic rings. The van der Waals surface area contributed by atoms with Crippen LogP contribution in [0.1, 0.15) is 41.9 Å². The Labute approximate surface area is 137 Å². The molecule has 1 aromatic heterocycles. The van der Waals surface area contributed by atoms with Crippen LogP contribution < -0.4 is 5.32 Å². The Hall–Kier alpha value is -2.14. The largest absolute Gasteiger partial charge is 0.396 e. The first-order valence-electron chi connectivity index (χ1n) is 7.99. The minimum absolute atomic E-state index is 0.00713. The maximum Gasteiger partial charge on any atom is 0.223 e. The van der Waals surface area contributed by atoms with Crippen molar-refractivity contribution in [2.24, 2.45) is 5.92 Å². The summed E-state index contributed by atoms with van der Waals surface area (Å²) in [5.41, 5.74) is 4.07. The highest BCUT2D eigenvalue weighted by Crippen LogP contribution is 2.19. The Morgan fingerprint density at radius 2 is 2.00 bits per heavy atom. The molecule has 1 heterocycles. The molecular formula is C18H25N3O2. The third-order valence-electron chi connectivity index (χ3n) is 4.17. The van der Waals surface area contributed by atoms with Crippen LogP contribution in [0.2, 0.25) is 0 Å². The number of aryl methyl sites for hydroxylation is 2. The fourth-order valence-corrected chi connectivity index (χ4v) is 2.72. The second-order valence-electron chi connectivity index (χ2n) is 6.00. The number of H-pyrrole nitrogens is 1. The first-order chi connectivity index (χ1) is 11.0. The Morgan fingerprint density at radius 1 is 1.30 bits per heavy atom. The standard InChI is InChI=1S/C18H25N3O2/c1-12(11-16-13(2)20-21-14(16)3)18(23)19-17(9-10-22)15-7-5-4-6-8-15/h4-8,12,17,22H,9-11H2,1-3H3,(H,19,23)(H,20,21). The van der Waals surface area contributed by atoms with Crippen LogP contribution >= 0.6 is 0 Å². The van der Waals surface area contributed by atoms with E-state index in [0.717, 1.165) is 22.5 Å². The molecule has 2 atom stereocenters. The maximum atomic E-state index is 12.5. The van der Waals surface area contributed by atoms with Crippen LogP contribution in [0.15, 0.2) is 30.3 Å². The summed E-state index contributed by atoms with van der Waals surface area (Å²) in [5, 5.41) is 19.5. The topological polar surface area (TPSA) is 78.0 Å². The van der Waals surface area contributed by atoms with Gasteiger partial charge in [0.25, 0.3) is 0 Å². The number of aliphatic hydroxyl groups excluding tert-OH is 1. The highest BCUT2D eigenvalue weighted by atomic mass is 16.3. The number of aromatic nitrogens is 2. The maximum absolute atomic E-state index is 12.5. The van der Waals surface area contributed by atoms with Crippen LogP contribution in [-0.4, -0.2) is 27.8 Å². The lowest BCUT2D eigenvalue weighted by Gasteiger charge is -2.21. The van der Waals surface area contributed by atoms with Crippen molar-refractivity contribution < 1.29 is 9.90 Å². The fraction of sp³-hybridized carbons (Fsp3) is 0.444. The van der Waals surface area contributed by atoms with Crippen molar-refractivity contribution in [1.82, 2.24) is 15.5 Å². The smallest absolute Gasteiger partial charge is 0.223 e. The Morgan fingerprint density at radius 3 is 2.57 bits per heavy atom. The summed E-state index contributed by atoms with van der Waals surface area (Å²) in [6, 6.07) is 9.59. The van der Waals surface area contributed by atoms with E-state index in [9.17, 15) is 9.90 Å². The predicted molar refractivity (Wildman–Crippen MR) is 90.0 cm³/mol. The number of hydrogen-bond donors (Lipinski definition) is 3. The molecule has 2 unspecified atom stereocenters. The van der Waals surface area contributed by atoms with Gasteiger partial charge in [0.2, 0.25) is 5.91 Å². The second-order valence-corrected chi connectivity index (χ2v) is 6.00. The number of benzene rings is 1. The van der Waals surface area contributed by atoms with Crippen LogP contribution in [0.5, 0.6) is 0 Å². The summed E-state index contributed by atoms with van der Waals surface area (Å²) < 4.78 is 0. The predicted octanol–water partition coefficient (Wildman–Crippen LogP) is 2.45. The van der Waals surface area contributed by atoms with Gasteiger partial charge in [0, 0.05) is 18.2 Å². The van der Waals surface area contributed by atoms with Crippen molar-refractivity contribution in [1.29, 1.82) is 0 Å². The Balaban J connectivity index is 2.03. The minimum atomic E-state index is -0.164. The lowest BCUT2D eigenvalue weighted by Crippen LogP contribution is -2.34. The van der Waals surface area contributed by atoms with Crippen LogP contribution in [-0.2, 0) is 11.2 Å². The van der Waals surface area contributed by atoms with E-state index in [1.165, 1.54) is 0 Å². The van der Waals surface area contributed by atoms with Gasteiger partial charge in [-0.25, -0.2) is 0 Å². The third-order valence-corrected chi connectivity index (χ3v) is 4.17. The van der Waals surface area contributed by atoms with Gasteiger partial charge in [0.1, 0.15) is 0 Å². The summed E-state index contributed by atoms with van der Waals surface area (Å²) in [6.07, 6.45) is 1.16. The van der Waals surface area contributed by atoms with E-state index in [-0.39, 0.29) is 24.5 Å². The van der Waals surface area contributed by atoms with Crippen molar-refractivity contribution >= 4 is 5.91 Å². The zero-order chi connectivity index (χ0) is 16.8. The van der Waals surface area contributed by atoms with E-state index in [2.05, 4.69) is 15.5 Å². The number of nitrogens with one attached hydrogen (secondary N) is 2. The van der Waals surface area contributed by atoms with E-state index < -0.39 is 0 Å². The molecule has 0 spiro atoms. The van der Waals surface area contributed by atoms with Crippen molar-refractivity contribution in [3.63, 3.8) is 0 Å². The number of rotatable bonds is 7. The Kier molecular flexibility index (Phi) is 5.93. The van der Waals surface area contributed by atoms with Gasteiger partial charge in [0.05, 0.1) is 11.7 Å². The van der Waals surface area contributed by atoms with Crippen molar-refractivity contribution in [3.05, 3.63) is 52.8 Å². The first-order valence-corrected chi connectivity index (χ1v) is 7.99. The van der Waals surface area contributed by atoms with Crippen LogP contribution in [0.4, 0.5) is 0 Å². The highest BCUT2D eigenvalue weighted by molar-refractivity contribution is 5.79. The van der Waals surface area contributed by atoms with Gasteiger partial charge < -0.3 is 10.4 Å². The molecule has 0 saturated heterocycles.